The van der Waals surface area contributed by atoms with Crippen LogP contribution in [0.25, 0.3) is 11.0 Å². The predicted molar refractivity (Wildman–Crippen MR) is 85.5 cm³/mol. The second-order valence-corrected chi connectivity index (χ2v) is 5.38. The Morgan fingerprint density at radius 3 is 2.74 bits per heavy atom. The average Bonchev–Trinajstić information content (AvgIpc) is 2.83. The van der Waals surface area contributed by atoms with Crippen LogP contribution >= 0.6 is 0 Å². The molecule has 1 heterocycles. The molecule has 0 saturated carbocycles. The Kier molecular flexibility index (Phi) is 3.97. The van der Waals surface area contributed by atoms with E-state index in [1.165, 1.54) is 22.8 Å². The topological polar surface area (TPSA) is 66.9 Å². The molecule has 0 saturated heterocycles. The zero-order chi connectivity index (χ0) is 16.4. The number of benzene rings is 2. The van der Waals surface area contributed by atoms with Gasteiger partial charge in [0.2, 0.25) is 5.91 Å². The van der Waals surface area contributed by atoms with Gasteiger partial charge < -0.3 is 10.3 Å². The number of hydrogen-bond donors (Lipinski definition) is 2. The monoisotopic (exact) mass is 313 g/mol. The third kappa shape index (κ3) is 3.15. The standard InChI is InChI=1S/C17H16FN3O2/c1-11(12-5-3-2-4-6-12)19-16(22)10-21-15-8-7-13(18)9-14(15)20-17(21)23/h2-9,11H,10H2,1H3,(H,19,22)(H,20,23). The average molecular weight is 313 g/mol. The summed E-state index contributed by atoms with van der Waals surface area (Å²) in [6.45, 7) is 1.75. The molecular formula is C17H16FN3O2. The minimum Gasteiger partial charge on any atom is -0.348 e. The summed E-state index contributed by atoms with van der Waals surface area (Å²) in [5.74, 6) is -0.721. The van der Waals surface area contributed by atoms with Gasteiger partial charge in [0.05, 0.1) is 17.1 Å². The molecule has 1 amide bonds. The number of nitrogens with zero attached hydrogens (tertiary/aromatic N) is 1. The van der Waals surface area contributed by atoms with Crippen molar-refractivity contribution in [2.24, 2.45) is 0 Å². The first-order valence-corrected chi connectivity index (χ1v) is 7.27. The molecule has 0 spiro atoms. The molecule has 6 heteroatoms. The molecule has 3 aromatic rings. The number of carbonyl (C=O) groups excluding carboxylic acids is 1. The van der Waals surface area contributed by atoms with Crippen molar-refractivity contribution in [3.8, 4) is 0 Å². The van der Waals surface area contributed by atoms with Crippen molar-refractivity contribution in [3.63, 3.8) is 0 Å². The minimum absolute atomic E-state index is 0.123. The van der Waals surface area contributed by atoms with Gasteiger partial charge in [0.15, 0.2) is 0 Å². The van der Waals surface area contributed by atoms with Crippen LogP contribution in [0.15, 0.2) is 53.3 Å². The van der Waals surface area contributed by atoms with Gasteiger partial charge in [-0.3, -0.25) is 9.36 Å². The summed E-state index contributed by atoms with van der Waals surface area (Å²) in [7, 11) is 0. The summed E-state index contributed by atoms with van der Waals surface area (Å²) in [5.41, 5.74) is 1.42. The quantitative estimate of drug-likeness (QED) is 0.776. The summed E-state index contributed by atoms with van der Waals surface area (Å²) in [5, 5.41) is 2.85. The molecule has 0 bridgehead atoms. The number of amides is 1. The highest BCUT2D eigenvalue weighted by Gasteiger charge is 2.13. The number of rotatable bonds is 4. The van der Waals surface area contributed by atoms with Crippen LogP contribution in [0.2, 0.25) is 0 Å². The second-order valence-electron chi connectivity index (χ2n) is 5.38. The van der Waals surface area contributed by atoms with Gasteiger partial charge in [-0.2, -0.15) is 0 Å². The van der Waals surface area contributed by atoms with Crippen LogP contribution in [-0.4, -0.2) is 15.5 Å². The van der Waals surface area contributed by atoms with Gasteiger partial charge in [-0.1, -0.05) is 30.3 Å². The molecule has 0 aliphatic carbocycles. The fourth-order valence-electron chi connectivity index (χ4n) is 2.55. The number of halogens is 1. The number of imidazole rings is 1. The van der Waals surface area contributed by atoms with E-state index in [9.17, 15) is 14.0 Å². The highest BCUT2D eigenvalue weighted by Crippen LogP contribution is 2.13. The number of H-pyrrole nitrogens is 1. The van der Waals surface area contributed by atoms with Gasteiger partial charge in [-0.15, -0.1) is 0 Å². The lowest BCUT2D eigenvalue weighted by molar-refractivity contribution is -0.122. The smallest absolute Gasteiger partial charge is 0.326 e. The molecule has 1 aromatic heterocycles. The Labute approximate surface area is 131 Å². The zero-order valence-electron chi connectivity index (χ0n) is 12.5. The summed E-state index contributed by atoms with van der Waals surface area (Å²) >= 11 is 0. The third-order valence-electron chi connectivity index (χ3n) is 3.71. The molecule has 5 nitrogen and oxygen atoms in total. The van der Waals surface area contributed by atoms with E-state index in [4.69, 9.17) is 0 Å². The van der Waals surface area contributed by atoms with E-state index in [-0.39, 0.29) is 18.5 Å². The molecule has 0 radical (unpaired) electrons. The highest BCUT2D eigenvalue weighted by atomic mass is 19.1. The second kappa shape index (κ2) is 6.08. The Morgan fingerprint density at radius 2 is 2.00 bits per heavy atom. The van der Waals surface area contributed by atoms with Gasteiger partial charge in [-0.05, 0) is 30.7 Å². The molecule has 2 N–H and O–H groups in total. The molecule has 0 fully saturated rings. The van der Waals surface area contributed by atoms with Crippen LogP contribution in [0.3, 0.4) is 0 Å². The first-order chi connectivity index (χ1) is 11.0. The molecule has 0 aliphatic rings. The lowest BCUT2D eigenvalue weighted by Gasteiger charge is -2.14. The lowest BCUT2D eigenvalue weighted by Crippen LogP contribution is -2.33. The molecule has 1 unspecified atom stereocenters. The van der Waals surface area contributed by atoms with Crippen LogP contribution in [0.1, 0.15) is 18.5 Å². The van der Waals surface area contributed by atoms with Crippen molar-refractivity contribution in [1.82, 2.24) is 14.9 Å². The van der Waals surface area contributed by atoms with Gasteiger partial charge >= 0.3 is 5.69 Å². The SMILES string of the molecule is CC(NC(=O)Cn1c(=O)[nH]c2cc(F)ccc21)c1ccccc1. The van der Waals surface area contributed by atoms with E-state index in [1.54, 1.807) is 0 Å². The number of aromatic nitrogens is 2. The molecular weight excluding hydrogens is 297 g/mol. The summed E-state index contributed by atoms with van der Waals surface area (Å²) in [6, 6.07) is 13.4. The number of hydrogen-bond acceptors (Lipinski definition) is 2. The molecule has 0 aliphatic heterocycles. The van der Waals surface area contributed by atoms with E-state index in [0.717, 1.165) is 5.56 Å². The van der Waals surface area contributed by atoms with Gasteiger partial charge in [0, 0.05) is 0 Å². The van der Waals surface area contributed by atoms with Crippen molar-refractivity contribution in [2.75, 3.05) is 0 Å². The normalized spacial score (nSPS) is 12.3. The van der Waals surface area contributed by atoms with Crippen molar-refractivity contribution in [3.05, 3.63) is 70.4 Å². The fourth-order valence-corrected chi connectivity index (χ4v) is 2.55. The number of fused-ring (bicyclic) bond motifs is 1. The molecule has 2 aromatic carbocycles. The predicted octanol–water partition coefficient (Wildman–Crippen LogP) is 2.35. The van der Waals surface area contributed by atoms with Gasteiger partial charge in [-0.25, -0.2) is 9.18 Å². The Morgan fingerprint density at radius 1 is 1.26 bits per heavy atom. The van der Waals surface area contributed by atoms with Crippen molar-refractivity contribution < 1.29 is 9.18 Å². The summed E-state index contributed by atoms with van der Waals surface area (Å²) < 4.78 is 14.5. The zero-order valence-corrected chi connectivity index (χ0v) is 12.5. The van der Waals surface area contributed by atoms with Crippen LogP contribution in [0.5, 0.6) is 0 Å². The Bertz CT molecular complexity index is 899. The fraction of sp³-hybridized carbons (Fsp3) is 0.176. The molecule has 23 heavy (non-hydrogen) atoms. The van der Waals surface area contributed by atoms with Crippen molar-refractivity contribution in [1.29, 1.82) is 0 Å². The Hall–Kier alpha value is -2.89. The van der Waals surface area contributed by atoms with E-state index in [2.05, 4.69) is 10.3 Å². The highest BCUT2D eigenvalue weighted by molar-refractivity contribution is 5.80. The van der Waals surface area contributed by atoms with Gasteiger partial charge in [0.25, 0.3) is 0 Å². The molecule has 1 atom stereocenters. The van der Waals surface area contributed by atoms with Crippen LogP contribution < -0.4 is 11.0 Å². The summed E-state index contributed by atoms with van der Waals surface area (Å²) in [6.07, 6.45) is 0. The minimum atomic E-state index is -0.437. The maximum Gasteiger partial charge on any atom is 0.326 e. The third-order valence-corrected chi connectivity index (χ3v) is 3.71. The van der Waals surface area contributed by atoms with Gasteiger partial charge in [0.1, 0.15) is 12.4 Å². The first-order valence-electron chi connectivity index (χ1n) is 7.27. The number of carbonyl (C=O) groups is 1. The maximum atomic E-state index is 13.2. The maximum absolute atomic E-state index is 13.2. The first kappa shape index (κ1) is 15.0. The number of aromatic amines is 1. The molecule has 3 rings (SSSR count). The van der Waals surface area contributed by atoms with E-state index in [1.807, 2.05) is 37.3 Å². The summed E-state index contributed by atoms with van der Waals surface area (Å²) in [4.78, 5) is 26.7. The Balaban J connectivity index is 1.78. The van der Waals surface area contributed by atoms with Crippen LogP contribution in [-0.2, 0) is 11.3 Å². The van der Waals surface area contributed by atoms with Crippen molar-refractivity contribution in [2.45, 2.75) is 19.5 Å². The van der Waals surface area contributed by atoms with Crippen molar-refractivity contribution >= 4 is 16.9 Å². The van der Waals surface area contributed by atoms with E-state index < -0.39 is 11.5 Å². The largest absolute Gasteiger partial charge is 0.348 e. The van der Waals surface area contributed by atoms with E-state index >= 15 is 0 Å². The number of nitrogens with one attached hydrogen (secondary N) is 2. The van der Waals surface area contributed by atoms with E-state index in [0.29, 0.717) is 11.0 Å². The van der Waals surface area contributed by atoms with Crippen LogP contribution in [0, 0.1) is 5.82 Å². The molecule has 118 valence electrons. The lowest BCUT2D eigenvalue weighted by atomic mass is 10.1. The van der Waals surface area contributed by atoms with Crippen LogP contribution in [0.4, 0.5) is 4.39 Å².